The summed E-state index contributed by atoms with van der Waals surface area (Å²) in [6, 6.07) is 10.5. The van der Waals surface area contributed by atoms with Crippen molar-refractivity contribution in [2.24, 2.45) is 5.92 Å². The molecule has 1 atom stereocenters. The highest BCUT2D eigenvalue weighted by Gasteiger charge is 2.32. The van der Waals surface area contributed by atoms with Gasteiger partial charge in [0.15, 0.2) is 5.78 Å². The summed E-state index contributed by atoms with van der Waals surface area (Å²) >= 11 is 0. The number of ketones is 1. The van der Waals surface area contributed by atoms with Crippen molar-refractivity contribution in [2.75, 3.05) is 19.6 Å². The Morgan fingerprint density at radius 1 is 1.19 bits per heavy atom. The fourth-order valence-corrected chi connectivity index (χ4v) is 3.38. The number of hydrogen-bond donors (Lipinski definition) is 0. The third-order valence-corrected chi connectivity index (χ3v) is 4.76. The van der Waals surface area contributed by atoms with Gasteiger partial charge in [0.1, 0.15) is 0 Å². The summed E-state index contributed by atoms with van der Waals surface area (Å²) in [7, 11) is 0. The number of halogens is 3. The number of nitrogens with zero attached hydrogens (tertiary/aromatic N) is 2. The van der Waals surface area contributed by atoms with Gasteiger partial charge in [-0.2, -0.15) is 13.2 Å². The van der Waals surface area contributed by atoms with Crippen LogP contribution in [0.15, 0.2) is 48.7 Å². The van der Waals surface area contributed by atoms with Crippen molar-refractivity contribution in [3.05, 3.63) is 65.5 Å². The van der Waals surface area contributed by atoms with E-state index in [1.807, 2.05) is 18.2 Å². The Hall–Kier alpha value is -2.21. The van der Waals surface area contributed by atoms with Crippen LogP contribution >= 0.6 is 0 Å². The summed E-state index contributed by atoms with van der Waals surface area (Å²) in [5.74, 6) is -0.449. The van der Waals surface area contributed by atoms with Gasteiger partial charge in [0.25, 0.3) is 0 Å². The molecule has 0 bridgehead atoms. The summed E-state index contributed by atoms with van der Waals surface area (Å²) in [4.78, 5) is 19.2. The largest absolute Gasteiger partial charge is 0.416 e. The first-order valence-electron chi connectivity index (χ1n) is 8.77. The van der Waals surface area contributed by atoms with E-state index in [1.54, 1.807) is 6.20 Å². The Bertz CT molecular complexity index is 746. The number of likely N-dealkylation sites (tertiary alicyclic amines) is 1. The molecule has 3 rings (SSSR count). The maximum atomic E-state index is 12.9. The van der Waals surface area contributed by atoms with Crippen LogP contribution in [-0.2, 0) is 12.6 Å². The number of hydrogen-bond acceptors (Lipinski definition) is 3. The van der Waals surface area contributed by atoms with E-state index in [9.17, 15) is 18.0 Å². The molecule has 1 fully saturated rings. The fourth-order valence-electron chi connectivity index (χ4n) is 3.38. The Morgan fingerprint density at radius 2 is 2.04 bits per heavy atom. The van der Waals surface area contributed by atoms with E-state index in [2.05, 4.69) is 9.88 Å². The van der Waals surface area contributed by atoms with E-state index in [1.165, 1.54) is 12.1 Å². The SMILES string of the molecule is O=C(c1cccc(C(F)(F)F)c1)[C@H]1CCCN(CCc2ccccn2)C1. The predicted octanol–water partition coefficient (Wildman–Crippen LogP) is 4.24. The molecule has 0 spiro atoms. The number of rotatable bonds is 5. The molecule has 0 aliphatic carbocycles. The van der Waals surface area contributed by atoms with Gasteiger partial charge in [0, 0.05) is 42.9 Å². The molecule has 1 aromatic heterocycles. The summed E-state index contributed by atoms with van der Waals surface area (Å²) < 4.78 is 38.6. The van der Waals surface area contributed by atoms with Gasteiger partial charge in [-0.05, 0) is 43.7 Å². The summed E-state index contributed by atoms with van der Waals surface area (Å²) in [6.07, 6.45) is -0.291. The van der Waals surface area contributed by atoms with Gasteiger partial charge in [-0.25, -0.2) is 0 Å². The third kappa shape index (κ3) is 4.69. The number of carbonyl (C=O) groups is 1. The van der Waals surface area contributed by atoms with Crippen LogP contribution in [0.4, 0.5) is 13.2 Å². The van der Waals surface area contributed by atoms with Crippen molar-refractivity contribution in [1.29, 1.82) is 0 Å². The van der Waals surface area contributed by atoms with Gasteiger partial charge in [-0.15, -0.1) is 0 Å². The molecular formula is C20H21F3N2O. The number of piperidine rings is 1. The van der Waals surface area contributed by atoms with E-state index in [-0.39, 0.29) is 17.3 Å². The highest BCUT2D eigenvalue weighted by molar-refractivity contribution is 5.98. The molecule has 3 nitrogen and oxygen atoms in total. The Morgan fingerprint density at radius 3 is 2.77 bits per heavy atom. The van der Waals surface area contributed by atoms with Crippen molar-refractivity contribution in [2.45, 2.75) is 25.4 Å². The molecule has 2 aromatic rings. The average Bonchev–Trinajstić information content (AvgIpc) is 2.66. The van der Waals surface area contributed by atoms with Gasteiger partial charge in [0.2, 0.25) is 0 Å². The normalized spacial score (nSPS) is 18.7. The number of carbonyl (C=O) groups excluding carboxylic acids is 1. The number of Topliss-reactive ketones (excluding diaryl/α,β-unsaturated/α-hetero) is 1. The molecule has 138 valence electrons. The summed E-state index contributed by atoms with van der Waals surface area (Å²) in [5, 5.41) is 0. The van der Waals surface area contributed by atoms with Gasteiger partial charge in [0.05, 0.1) is 5.56 Å². The van der Waals surface area contributed by atoms with Gasteiger partial charge in [-0.3, -0.25) is 9.78 Å². The number of aromatic nitrogens is 1. The van der Waals surface area contributed by atoms with Crippen LogP contribution in [0, 0.1) is 5.92 Å². The van der Waals surface area contributed by atoms with Crippen LogP contribution in [-0.4, -0.2) is 35.3 Å². The minimum Gasteiger partial charge on any atom is -0.302 e. The molecule has 26 heavy (non-hydrogen) atoms. The van der Waals surface area contributed by atoms with Crippen LogP contribution in [0.2, 0.25) is 0 Å². The minimum absolute atomic E-state index is 0.149. The second kappa shape index (κ2) is 7.99. The molecule has 1 aliphatic rings. The van der Waals surface area contributed by atoms with Crippen molar-refractivity contribution in [3.63, 3.8) is 0 Å². The molecule has 0 unspecified atom stereocenters. The van der Waals surface area contributed by atoms with Crippen LogP contribution < -0.4 is 0 Å². The maximum Gasteiger partial charge on any atom is 0.416 e. The van der Waals surface area contributed by atoms with Crippen LogP contribution in [0.3, 0.4) is 0 Å². The standard InChI is InChI=1S/C20H21F3N2O/c21-20(22,23)17-7-3-5-15(13-17)19(26)16-6-4-11-25(14-16)12-9-18-8-1-2-10-24-18/h1-3,5,7-8,10,13,16H,4,6,9,11-12,14H2/t16-/m0/s1. The van der Waals surface area contributed by atoms with E-state index < -0.39 is 11.7 Å². The first-order chi connectivity index (χ1) is 12.4. The second-order valence-electron chi connectivity index (χ2n) is 6.65. The molecule has 1 saturated heterocycles. The van der Waals surface area contributed by atoms with E-state index in [4.69, 9.17) is 0 Å². The Kier molecular flexibility index (Phi) is 5.71. The minimum atomic E-state index is -4.43. The fraction of sp³-hybridized carbons (Fsp3) is 0.400. The predicted molar refractivity (Wildman–Crippen MR) is 92.9 cm³/mol. The smallest absolute Gasteiger partial charge is 0.302 e. The highest BCUT2D eigenvalue weighted by atomic mass is 19.4. The average molecular weight is 362 g/mol. The summed E-state index contributed by atoms with van der Waals surface area (Å²) in [6.45, 7) is 2.28. The lowest BCUT2D eigenvalue weighted by Gasteiger charge is -2.32. The Balaban J connectivity index is 1.63. The monoisotopic (exact) mass is 362 g/mol. The van der Waals surface area contributed by atoms with E-state index in [0.29, 0.717) is 6.54 Å². The second-order valence-corrected chi connectivity index (χ2v) is 6.65. The molecule has 0 radical (unpaired) electrons. The lowest BCUT2D eigenvalue weighted by Crippen LogP contribution is -2.39. The molecule has 1 aliphatic heterocycles. The molecule has 0 saturated carbocycles. The number of alkyl halides is 3. The molecule has 6 heteroatoms. The van der Waals surface area contributed by atoms with Crippen molar-refractivity contribution in [1.82, 2.24) is 9.88 Å². The maximum absolute atomic E-state index is 12.9. The number of pyridine rings is 1. The van der Waals surface area contributed by atoms with Crippen molar-refractivity contribution in [3.8, 4) is 0 Å². The van der Waals surface area contributed by atoms with Gasteiger partial charge < -0.3 is 4.90 Å². The molecule has 1 aromatic carbocycles. The summed E-state index contributed by atoms with van der Waals surface area (Å²) in [5.41, 5.74) is 0.376. The number of benzene rings is 1. The van der Waals surface area contributed by atoms with Crippen LogP contribution in [0.25, 0.3) is 0 Å². The Labute approximate surface area is 150 Å². The molecule has 0 N–H and O–H groups in total. The zero-order valence-electron chi connectivity index (χ0n) is 14.4. The molecule has 0 amide bonds. The van der Waals surface area contributed by atoms with E-state index >= 15 is 0 Å². The first-order valence-corrected chi connectivity index (χ1v) is 8.77. The third-order valence-electron chi connectivity index (χ3n) is 4.76. The highest BCUT2D eigenvalue weighted by Crippen LogP contribution is 2.30. The van der Waals surface area contributed by atoms with Gasteiger partial charge in [-0.1, -0.05) is 18.2 Å². The lowest BCUT2D eigenvalue weighted by atomic mass is 9.89. The van der Waals surface area contributed by atoms with E-state index in [0.717, 1.165) is 50.2 Å². The molecule has 2 heterocycles. The van der Waals surface area contributed by atoms with Crippen LogP contribution in [0.5, 0.6) is 0 Å². The zero-order valence-corrected chi connectivity index (χ0v) is 14.4. The topological polar surface area (TPSA) is 33.2 Å². The van der Waals surface area contributed by atoms with Crippen molar-refractivity contribution >= 4 is 5.78 Å². The quantitative estimate of drug-likeness (QED) is 0.746. The van der Waals surface area contributed by atoms with Crippen LogP contribution in [0.1, 0.15) is 34.5 Å². The van der Waals surface area contributed by atoms with Gasteiger partial charge >= 0.3 is 6.18 Å². The first kappa shape index (κ1) is 18.6. The molecular weight excluding hydrogens is 341 g/mol. The van der Waals surface area contributed by atoms with Crippen molar-refractivity contribution < 1.29 is 18.0 Å². The zero-order chi connectivity index (χ0) is 18.6. The lowest BCUT2D eigenvalue weighted by molar-refractivity contribution is -0.137.